The maximum atomic E-state index is 13.2. The summed E-state index contributed by atoms with van der Waals surface area (Å²) < 4.78 is 11.7. The van der Waals surface area contributed by atoms with Gasteiger partial charge in [0.15, 0.2) is 11.5 Å². The molecule has 0 N–H and O–H groups in total. The van der Waals surface area contributed by atoms with E-state index in [0.29, 0.717) is 37.3 Å². The first-order chi connectivity index (χ1) is 13.9. The van der Waals surface area contributed by atoms with Crippen molar-refractivity contribution >= 4 is 23.2 Å². The summed E-state index contributed by atoms with van der Waals surface area (Å²) in [4.78, 5) is 15.0. The highest BCUT2D eigenvalue weighted by atomic mass is 16.5. The fraction of sp³-hybridized carbons (Fsp3) is 0.400. The van der Waals surface area contributed by atoms with Crippen molar-refractivity contribution in [1.82, 2.24) is 0 Å². The van der Waals surface area contributed by atoms with Crippen LogP contribution in [0.25, 0.3) is 11.6 Å². The van der Waals surface area contributed by atoms with E-state index in [1.54, 1.807) is 0 Å². The molecule has 2 aromatic rings. The lowest BCUT2D eigenvalue weighted by Gasteiger charge is -2.19. The molecule has 29 heavy (non-hydrogen) atoms. The third-order valence-electron chi connectivity index (χ3n) is 4.66. The molecule has 4 nitrogen and oxygen atoms in total. The Morgan fingerprint density at radius 1 is 0.966 bits per heavy atom. The predicted octanol–water partition coefficient (Wildman–Crippen LogP) is 5.66. The molecule has 0 atom stereocenters. The summed E-state index contributed by atoms with van der Waals surface area (Å²) in [5.74, 6) is 2.33. The van der Waals surface area contributed by atoms with Crippen LogP contribution in [0, 0.1) is 11.8 Å². The summed E-state index contributed by atoms with van der Waals surface area (Å²) in [7, 11) is 0. The number of amides is 1. The van der Waals surface area contributed by atoms with Crippen LogP contribution in [-0.2, 0) is 4.79 Å². The van der Waals surface area contributed by atoms with E-state index in [2.05, 4.69) is 27.7 Å². The number of rotatable bonds is 8. The Bertz CT molecular complexity index is 899. The van der Waals surface area contributed by atoms with Gasteiger partial charge >= 0.3 is 0 Å². The first-order valence-corrected chi connectivity index (χ1v) is 10.4. The fourth-order valence-corrected chi connectivity index (χ4v) is 3.42. The highest BCUT2D eigenvalue weighted by molar-refractivity contribution is 6.35. The lowest BCUT2D eigenvalue weighted by Crippen LogP contribution is -2.30. The van der Waals surface area contributed by atoms with Gasteiger partial charge in [-0.3, -0.25) is 4.79 Å². The van der Waals surface area contributed by atoms with E-state index >= 15 is 0 Å². The maximum absolute atomic E-state index is 13.2. The largest absolute Gasteiger partial charge is 0.490 e. The first kappa shape index (κ1) is 21.0. The van der Waals surface area contributed by atoms with E-state index in [0.717, 1.165) is 28.1 Å². The molecular weight excluding hydrogens is 362 g/mol. The number of hydrogen-bond acceptors (Lipinski definition) is 3. The molecule has 0 unspecified atom stereocenters. The minimum absolute atomic E-state index is 0.0537. The number of carbonyl (C=O) groups is 1. The van der Waals surface area contributed by atoms with E-state index in [9.17, 15) is 4.79 Å². The van der Waals surface area contributed by atoms with E-state index in [4.69, 9.17) is 9.47 Å². The predicted molar refractivity (Wildman–Crippen MR) is 119 cm³/mol. The standard InChI is InChI=1S/C25H31NO3/c1-6-28-24-14-19(11-12-23(24)29-16-18(4)5)13-21-20-9-7-8-10-22(20)26(25(21)27)15-17(2)3/h7-14,17-18H,6,15-16H2,1-5H3/b21-13-. The van der Waals surface area contributed by atoms with Crippen molar-refractivity contribution in [3.8, 4) is 11.5 Å². The van der Waals surface area contributed by atoms with Gasteiger partial charge in [0.25, 0.3) is 5.91 Å². The molecule has 1 aliphatic heterocycles. The maximum Gasteiger partial charge on any atom is 0.259 e. The van der Waals surface area contributed by atoms with Crippen molar-refractivity contribution in [2.24, 2.45) is 11.8 Å². The molecule has 0 aliphatic carbocycles. The summed E-state index contributed by atoms with van der Waals surface area (Å²) in [6.45, 7) is 12.3. The Morgan fingerprint density at radius 2 is 1.72 bits per heavy atom. The van der Waals surface area contributed by atoms with Gasteiger partial charge < -0.3 is 14.4 Å². The fourth-order valence-electron chi connectivity index (χ4n) is 3.42. The molecule has 0 fully saturated rings. The molecule has 0 spiro atoms. The number of anilines is 1. The molecule has 0 aromatic heterocycles. The quantitative estimate of drug-likeness (QED) is 0.543. The summed E-state index contributed by atoms with van der Waals surface area (Å²) >= 11 is 0. The number of fused-ring (bicyclic) bond motifs is 1. The van der Waals surface area contributed by atoms with Gasteiger partial charge in [-0.15, -0.1) is 0 Å². The zero-order valence-electron chi connectivity index (χ0n) is 18.1. The van der Waals surface area contributed by atoms with Crippen molar-refractivity contribution in [3.05, 3.63) is 53.6 Å². The number of nitrogens with zero attached hydrogens (tertiary/aromatic N) is 1. The van der Waals surface area contributed by atoms with Crippen LogP contribution in [0.2, 0.25) is 0 Å². The molecule has 1 amide bonds. The zero-order chi connectivity index (χ0) is 21.0. The molecule has 1 heterocycles. The Balaban J connectivity index is 1.96. The van der Waals surface area contributed by atoms with Crippen LogP contribution in [0.4, 0.5) is 5.69 Å². The Morgan fingerprint density at radius 3 is 2.41 bits per heavy atom. The van der Waals surface area contributed by atoms with Crippen LogP contribution >= 0.6 is 0 Å². The third-order valence-corrected chi connectivity index (χ3v) is 4.66. The number of benzene rings is 2. The van der Waals surface area contributed by atoms with Crippen molar-refractivity contribution in [2.75, 3.05) is 24.7 Å². The summed E-state index contributed by atoms with van der Waals surface area (Å²) in [6.07, 6.45) is 1.95. The van der Waals surface area contributed by atoms with Gasteiger partial charge in [0, 0.05) is 17.7 Å². The Kier molecular flexibility index (Phi) is 6.63. The minimum Gasteiger partial charge on any atom is -0.490 e. The summed E-state index contributed by atoms with van der Waals surface area (Å²) in [5, 5.41) is 0. The van der Waals surface area contributed by atoms with Gasteiger partial charge in [0.2, 0.25) is 0 Å². The van der Waals surface area contributed by atoms with Crippen molar-refractivity contribution in [1.29, 1.82) is 0 Å². The van der Waals surface area contributed by atoms with Gasteiger partial charge in [-0.05, 0) is 48.6 Å². The van der Waals surface area contributed by atoms with Crippen molar-refractivity contribution in [2.45, 2.75) is 34.6 Å². The molecule has 0 saturated heterocycles. The number of ether oxygens (including phenoxy) is 2. The van der Waals surface area contributed by atoms with E-state index in [1.807, 2.05) is 60.4 Å². The van der Waals surface area contributed by atoms with Gasteiger partial charge in [-0.1, -0.05) is 52.0 Å². The van der Waals surface area contributed by atoms with Gasteiger partial charge in [0.1, 0.15) is 0 Å². The smallest absolute Gasteiger partial charge is 0.259 e. The van der Waals surface area contributed by atoms with Crippen LogP contribution < -0.4 is 14.4 Å². The van der Waals surface area contributed by atoms with Crippen molar-refractivity contribution in [3.63, 3.8) is 0 Å². The first-order valence-electron chi connectivity index (χ1n) is 10.4. The average Bonchev–Trinajstić information content (AvgIpc) is 2.93. The van der Waals surface area contributed by atoms with Gasteiger partial charge in [-0.25, -0.2) is 0 Å². The van der Waals surface area contributed by atoms with Crippen LogP contribution in [0.1, 0.15) is 45.7 Å². The van der Waals surface area contributed by atoms with Crippen molar-refractivity contribution < 1.29 is 14.3 Å². The lowest BCUT2D eigenvalue weighted by atomic mass is 10.0. The Labute approximate surface area is 174 Å². The van der Waals surface area contributed by atoms with Gasteiger partial charge in [0.05, 0.1) is 18.9 Å². The molecule has 0 radical (unpaired) electrons. The SMILES string of the molecule is CCOc1cc(/C=C2\C(=O)N(CC(C)C)c3ccccc32)ccc1OCC(C)C. The number of para-hydroxylation sites is 1. The summed E-state index contributed by atoms with van der Waals surface area (Å²) in [5.41, 5.74) is 3.62. The molecular formula is C25H31NO3. The second kappa shape index (κ2) is 9.17. The third kappa shape index (κ3) is 4.81. The van der Waals surface area contributed by atoms with Crippen LogP contribution in [0.3, 0.4) is 0 Å². The highest BCUT2D eigenvalue weighted by Crippen LogP contribution is 2.39. The molecule has 3 rings (SSSR count). The lowest BCUT2D eigenvalue weighted by molar-refractivity contribution is -0.113. The molecule has 4 heteroatoms. The average molecular weight is 394 g/mol. The zero-order valence-corrected chi connectivity index (χ0v) is 18.1. The van der Waals surface area contributed by atoms with Crippen LogP contribution in [0.5, 0.6) is 11.5 Å². The molecule has 0 saturated carbocycles. The Hall–Kier alpha value is -2.75. The number of carbonyl (C=O) groups excluding carboxylic acids is 1. The molecule has 1 aliphatic rings. The number of hydrogen-bond donors (Lipinski definition) is 0. The summed E-state index contributed by atoms with van der Waals surface area (Å²) in [6, 6.07) is 13.9. The van der Waals surface area contributed by atoms with Crippen LogP contribution in [0.15, 0.2) is 42.5 Å². The minimum atomic E-state index is 0.0537. The van der Waals surface area contributed by atoms with E-state index in [1.165, 1.54) is 0 Å². The van der Waals surface area contributed by atoms with E-state index in [-0.39, 0.29) is 5.91 Å². The van der Waals surface area contributed by atoms with E-state index < -0.39 is 0 Å². The monoisotopic (exact) mass is 393 g/mol. The molecule has 154 valence electrons. The molecule has 2 aromatic carbocycles. The van der Waals surface area contributed by atoms with Gasteiger partial charge in [-0.2, -0.15) is 0 Å². The normalized spacial score (nSPS) is 14.8. The second-order valence-electron chi connectivity index (χ2n) is 8.23. The van der Waals surface area contributed by atoms with Crippen LogP contribution in [-0.4, -0.2) is 25.7 Å². The highest BCUT2D eigenvalue weighted by Gasteiger charge is 2.32. The molecule has 0 bridgehead atoms. The topological polar surface area (TPSA) is 38.8 Å². The second-order valence-corrected chi connectivity index (χ2v) is 8.23.